The minimum absolute atomic E-state index is 0. The van der Waals surface area contributed by atoms with E-state index in [1.165, 1.54) is 29.7 Å². The second kappa shape index (κ2) is 5.83. The Labute approximate surface area is 120 Å². The molecule has 20 heavy (non-hydrogen) atoms. The van der Waals surface area contributed by atoms with Crippen molar-refractivity contribution in [2.45, 2.75) is 13.8 Å². The molecule has 2 N–H and O–H groups in total. The van der Waals surface area contributed by atoms with Crippen LogP contribution in [-0.4, -0.2) is 15.5 Å². The summed E-state index contributed by atoms with van der Waals surface area (Å²) in [6, 6.07) is 5.55. The van der Waals surface area contributed by atoms with Gasteiger partial charge in [0.05, 0.1) is 5.69 Å². The Balaban J connectivity index is 0.00000200. The average molecular weight is 298 g/mol. The number of carbonyl (C=O) groups excluding carboxylic acids is 1. The molecule has 0 unspecified atom stereocenters. The lowest BCUT2D eigenvalue weighted by molar-refractivity contribution is 0.0998. The van der Waals surface area contributed by atoms with Gasteiger partial charge in [-0.3, -0.25) is 14.2 Å². The van der Waals surface area contributed by atoms with Crippen LogP contribution in [-0.2, 0) is 0 Å². The molecule has 106 valence electrons. The lowest BCUT2D eigenvalue weighted by Gasteiger charge is -2.10. The van der Waals surface area contributed by atoms with Crippen LogP contribution in [0.2, 0.25) is 0 Å². The molecule has 0 saturated heterocycles. The highest BCUT2D eigenvalue weighted by atomic mass is 35.5. The van der Waals surface area contributed by atoms with Gasteiger partial charge in [0, 0.05) is 5.69 Å². The van der Waals surface area contributed by atoms with E-state index >= 15 is 0 Å². The van der Waals surface area contributed by atoms with Crippen LogP contribution in [0.5, 0.6) is 0 Å². The zero-order valence-electron chi connectivity index (χ0n) is 10.9. The van der Waals surface area contributed by atoms with Crippen LogP contribution >= 0.6 is 12.4 Å². The molecule has 0 radical (unpaired) electrons. The zero-order valence-corrected chi connectivity index (χ0v) is 11.7. The molecule has 0 atom stereocenters. The monoisotopic (exact) mass is 297 g/mol. The fourth-order valence-corrected chi connectivity index (χ4v) is 1.76. The first-order valence-electron chi connectivity index (χ1n) is 5.58. The van der Waals surface area contributed by atoms with Crippen molar-refractivity contribution in [2.75, 3.05) is 0 Å². The summed E-state index contributed by atoms with van der Waals surface area (Å²) in [6.45, 7) is 3.18. The predicted molar refractivity (Wildman–Crippen MR) is 75.0 cm³/mol. The Hall–Kier alpha value is -2.21. The third-order valence-electron chi connectivity index (χ3n) is 2.78. The number of hydrogen-bond acceptors (Lipinski definition) is 3. The summed E-state index contributed by atoms with van der Waals surface area (Å²) in [4.78, 5) is 27.3. The van der Waals surface area contributed by atoms with E-state index in [-0.39, 0.29) is 29.5 Å². The molecule has 7 heteroatoms. The van der Waals surface area contributed by atoms with Crippen LogP contribution in [0.4, 0.5) is 4.39 Å². The smallest absolute Gasteiger partial charge is 0.269 e. The maximum atomic E-state index is 13.2. The number of aromatic nitrogens is 2. The molecule has 0 aromatic carbocycles. The summed E-state index contributed by atoms with van der Waals surface area (Å²) in [6.07, 6.45) is 0. The van der Waals surface area contributed by atoms with Crippen molar-refractivity contribution >= 4 is 18.3 Å². The van der Waals surface area contributed by atoms with Gasteiger partial charge in [0.2, 0.25) is 0 Å². The molecule has 5 nitrogen and oxygen atoms in total. The number of pyridine rings is 2. The van der Waals surface area contributed by atoms with Crippen LogP contribution < -0.4 is 11.3 Å². The highest BCUT2D eigenvalue weighted by Crippen LogP contribution is 2.10. The zero-order chi connectivity index (χ0) is 14.2. The topological polar surface area (TPSA) is 78.0 Å². The van der Waals surface area contributed by atoms with Crippen molar-refractivity contribution in [1.29, 1.82) is 0 Å². The first-order chi connectivity index (χ1) is 8.91. The molecule has 2 heterocycles. The number of aryl methyl sites for hydroxylation is 2. The van der Waals surface area contributed by atoms with E-state index < -0.39 is 17.3 Å². The SMILES string of the molecule is Cc1nc(-n2c(C)ccc(C(N)=O)c2=O)ccc1F.Cl. The Kier molecular flexibility index (Phi) is 4.62. The van der Waals surface area contributed by atoms with Crippen LogP contribution in [0.15, 0.2) is 29.1 Å². The first-order valence-corrected chi connectivity index (χ1v) is 5.58. The molecule has 2 rings (SSSR count). The van der Waals surface area contributed by atoms with Gasteiger partial charge in [0.1, 0.15) is 17.2 Å². The van der Waals surface area contributed by atoms with Crippen LogP contribution in [0.1, 0.15) is 21.7 Å². The van der Waals surface area contributed by atoms with Gasteiger partial charge >= 0.3 is 0 Å². The summed E-state index contributed by atoms with van der Waals surface area (Å²) < 4.78 is 14.4. The molecular formula is C13H13ClFN3O2. The van der Waals surface area contributed by atoms with E-state index in [1.807, 2.05) is 0 Å². The Morgan fingerprint density at radius 3 is 2.45 bits per heavy atom. The maximum absolute atomic E-state index is 13.2. The van der Waals surface area contributed by atoms with Gasteiger partial charge in [-0.25, -0.2) is 9.37 Å². The van der Waals surface area contributed by atoms with Crippen LogP contribution in [0, 0.1) is 19.7 Å². The molecule has 0 aliphatic heterocycles. The Morgan fingerprint density at radius 2 is 1.90 bits per heavy atom. The molecule has 0 saturated carbocycles. The minimum atomic E-state index is -0.808. The van der Waals surface area contributed by atoms with E-state index in [1.54, 1.807) is 13.0 Å². The number of hydrogen-bond donors (Lipinski definition) is 1. The summed E-state index contributed by atoms with van der Waals surface area (Å²) in [7, 11) is 0. The van der Waals surface area contributed by atoms with E-state index in [0.29, 0.717) is 5.69 Å². The molecule has 0 spiro atoms. The Morgan fingerprint density at radius 1 is 1.25 bits per heavy atom. The van der Waals surface area contributed by atoms with Gasteiger partial charge in [0.15, 0.2) is 0 Å². The summed E-state index contributed by atoms with van der Waals surface area (Å²) in [5, 5.41) is 0. The normalized spacial score (nSPS) is 9.95. The lowest BCUT2D eigenvalue weighted by atomic mass is 10.2. The third-order valence-corrected chi connectivity index (χ3v) is 2.78. The predicted octanol–water partition coefficient (Wildman–Crippen LogP) is 1.51. The van der Waals surface area contributed by atoms with Crippen molar-refractivity contribution in [3.63, 3.8) is 0 Å². The van der Waals surface area contributed by atoms with Gasteiger partial charge in [-0.1, -0.05) is 0 Å². The number of nitrogens with zero attached hydrogens (tertiary/aromatic N) is 2. The van der Waals surface area contributed by atoms with Gasteiger partial charge in [-0.2, -0.15) is 0 Å². The van der Waals surface area contributed by atoms with Crippen LogP contribution in [0.3, 0.4) is 0 Å². The third kappa shape index (κ3) is 2.70. The summed E-state index contributed by atoms with van der Waals surface area (Å²) >= 11 is 0. The summed E-state index contributed by atoms with van der Waals surface area (Å²) in [5.41, 5.74) is 5.19. The number of nitrogens with two attached hydrogens (primary N) is 1. The average Bonchev–Trinajstić information content (AvgIpc) is 2.33. The largest absolute Gasteiger partial charge is 0.365 e. The molecule has 2 aromatic rings. The van der Waals surface area contributed by atoms with Gasteiger partial charge in [-0.05, 0) is 38.1 Å². The number of halogens is 2. The summed E-state index contributed by atoms with van der Waals surface area (Å²) in [5.74, 6) is -1.01. The van der Waals surface area contributed by atoms with Crippen molar-refractivity contribution < 1.29 is 9.18 Å². The van der Waals surface area contributed by atoms with Crippen molar-refractivity contribution in [2.24, 2.45) is 5.73 Å². The van der Waals surface area contributed by atoms with Crippen molar-refractivity contribution in [3.05, 3.63) is 57.4 Å². The molecular weight excluding hydrogens is 285 g/mol. The fourth-order valence-electron chi connectivity index (χ4n) is 1.76. The van der Waals surface area contributed by atoms with E-state index in [9.17, 15) is 14.0 Å². The number of amides is 1. The van der Waals surface area contributed by atoms with Crippen molar-refractivity contribution in [3.8, 4) is 5.82 Å². The van der Waals surface area contributed by atoms with Crippen LogP contribution in [0.25, 0.3) is 5.82 Å². The quantitative estimate of drug-likeness (QED) is 0.912. The van der Waals surface area contributed by atoms with E-state index in [0.717, 1.165) is 0 Å². The van der Waals surface area contributed by atoms with Gasteiger partial charge in [0.25, 0.3) is 11.5 Å². The van der Waals surface area contributed by atoms with E-state index in [4.69, 9.17) is 5.73 Å². The molecule has 0 fully saturated rings. The molecule has 0 aliphatic rings. The van der Waals surface area contributed by atoms with Gasteiger partial charge < -0.3 is 5.73 Å². The Bertz CT molecular complexity index is 728. The minimum Gasteiger partial charge on any atom is -0.365 e. The highest BCUT2D eigenvalue weighted by molar-refractivity contribution is 5.92. The maximum Gasteiger partial charge on any atom is 0.269 e. The highest BCUT2D eigenvalue weighted by Gasteiger charge is 2.13. The number of primary amides is 1. The molecule has 0 aliphatic carbocycles. The second-order valence-electron chi connectivity index (χ2n) is 4.13. The molecule has 2 aromatic heterocycles. The second-order valence-corrected chi connectivity index (χ2v) is 4.13. The van der Waals surface area contributed by atoms with Gasteiger partial charge in [-0.15, -0.1) is 12.4 Å². The van der Waals surface area contributed by atoms with E-state index in [2.05, 4.69) is 4.98 Å². The number of carbonyl (C=O) groups is 1. The first kappa shape index (κ1) is 15.8. The lowest BCUT2D eigenvalue weighted by Crippen LogP contribution is -2.30. The standard InChI is InChI=1S/C13H12FN3O2.ClH/c1-7-3-4-9(12(15)18)13(19)17(7)11-6-5-10(14)8(2)16-11;/h3-6H,1-2H3,(H2,15,18);1H. The molecule has 1 amide bonds. The fraction of sp³-hybridized carbons (Fsp3) is 0.154. The molecule has 0 bridgehead atoms. The number of rotatable bonds is 2. The van der Waals surface area contributed by atoms with Crippen molar-refractivity contribution in [1.82, 2.24) is 9.55 Å².